The number of hydrogen-bond acceptors (Lipinski definition) is 3. The highest BCUT2D eigenvalue weighted by Crippen LogP contribution is 2.22. The number of rotatable bonds is 7. The van der Waals surface area contributed by atoms with Gasteiger partial charge in [-0.1, -0.05) is 20.8 Å². The lowest BCUT2D eigenvalue weighted by Crippen LogP contribution is -2.44. The van der Waals surface area contributed by atoms with Crippen molar-refractivity contribution >= 4 is 21.8 Å². The topological polar surface area (TPSA) is 72.9 Å². The summed E-state index contributed by atoms with van der Waals surface area (Å²) in [5.41, 5.74) is 7.51. The molecule has 1 amide bonds. The SMILES string of the molecule is CCc1nn(CC)c(CNC(C(N)=O)C(C)C)c1Br. The molecular formula is C13H23BrN4O. The van der Waals surface area contributed by atoms with Gasteiger partial charge in [-0.2, -0.15) is 5.10 Å². The van der Waals surface area contributed by atoms with Crippen LogP contribution in [0.3, 0.4) is 0 Å². The lowest BCUT2D eigenvalue weighted by atomic mass is 10.0. The average molecular weight is 331 g/mol. The van der Waals surface area contributed by atoms with E-state index < -0.39 is 0 Å². The molecule has 1 unspecified atom stereocenters. The molecule has 1 rings (SSSR count). The maximum atomic E-state index is 11.4. The first kappa shape index (κ1) is 16.2. The monoisotopic (exact) mass is 330 g/mol. The van der Waals surface area contributed by atoms with Gasteiger partial charge in [0.2, 0.25) is 5.91 Å². The predicted molar refractivity (Wildman–Crippen MR) is 79.6 cm³/mol. The summed E-state index contributed by atoms with van der Waals surface area (Å²) in [4.78, 5) is 11.4. The van der Waals surface area contributed by atoms with E-state index in [1.54, 1.807) is 0 Å². The Kier molecular flexibility index (Phi) is 6.00. The van der Waals surface area contributed by atoms with Crippen molar-refractivity contribution in [2.24, 2.45) is 11.7 Å². The molecule has 0 spiro atoms. The van der Waals surface area contributed by atoms with E-state index >= 15 is 0 Å². The summed E-state index contributed by atoms with van der Waals surface area (Å²) in [6, 6.07) is -0.322. The summed E-state index contributed by atoms with van der Waals surface area (Å²) in [6.45, 7) is 9.46. The molecule has 1 atom stereocenters. The van der Waals surface area contributed by atoms with Gasteiger partial charge in [0.1, 0.15) is 0 Å². The Morgan fingerprint density at radius 2 is 2.11 bits per heavy atom. The van der Waals surface area contributed by atoms with Crippen molar-refractivity contribution in [2.75, 3.05) is 0 Å². The minimum atomic E-state index is -0.322. The third-order valence-electron chi connectivity index (χ3n) is 3.16. The molecule has 0 radical (unpaired) electrons. The predicted octanol–water partition coefficient (Wildman–Crippen LogP) is 1.83. The fourth-order valence-electron chi connectivity index (χ4n) is 2.06. The van der Waals surface area contributed by atoms with E-state index in [-0.39, 0.29) is 17.9 Å². The number of nitrogens with zero attached hydrogens (tertiary/aromatic N) is 2. The first-order chi connectivity index (χ1) is 8.92. The highest BCUT2D eigenvalue weighted by molar-refractivity contribution is 9.10. The number of nitrogens with two attached hydrogens (primary N) is 1. The molecule has 19 heavy (non-hydrogen) atoms. The Bertz CT molecular complexity index is 442. The van der Waals surface area contributed by atoms with E-state index in [0.717, 1.165) is 28.8 Å². The molecule has 0 aliphatic rings. The smallest absolute Gasteiger partial charge is 0.234 e. The van der Waals surface area contributed by atoms with Gasteiger partial charge in [0.25, 0.3) is 0 Å². The molecule has 0 aliphatic heterocycles. The van der Waals surface area contributed by atoms with Crippen LogP contribution < -0.4 is 11.1 Å². The molecule has 1 heterocycles. The molecule has 0 aliphatic carbocycles. The van der Waals surface area contributed by atoms with Crippen LogP contribution in [0.4, 0.5) is 0 Å². The van der Waals surface area contributed by atoms with Crippen molar-refractivity contribution in [3.8, 4) is 0 Å². The van der Waals surface area contributed by atoms with Crippen molar-refractivity contribution in [3.63, 3.8) is 0 Å². The Hall–Kier alpha value is -0.880. The quantitative estimate of drug-likeness (QED) is 0.801. The molecule has 0 bridgehead atoms. The molecule has 0 saturated carbocycles. The second-order valence-electron chi connectivity index (χ2n) is 4.88. The molecule has 6 heteroatoms. The van der Waals surface area contributed by atoms with Crippen LogP contribution in [0, 0.1) is 5.92 Å². The Balaban J connectivity index is 2.87. The largest absolute Gasteiger partial charge is 0.368 e. The van der Waals surface area contributed by atoms with Crippen molar-refractivity contribution in [2.45, 2.75) is 53.2 Å². The van der Waals surface area contributed by atoms with E-state index in [2.05, 4.69) is 40.2 Å². The molecule has 0 aromatic carbocycles. The first-order valence-electron chi connectivity index (χ1n) is 6.69. The van der Waals surface area contributed by atoms with Crippen LogP contribution in [-0.2, 0) is 24.3 Å². The second kappa shape index (κ2) is 7.05. The maximum Gasteiger partial charge on any atom is 0.234 e. The third-order valence-corrected chi connectivity index (χ3v) is 4.07. The van der Waals surface area contributed by atoms with Crippen LogP contribution in [0.25, 0.3) is 0 Å². The lowest BCUT2D eigenvalue weighted by Gasteiger charge is -2.19. The number of hydrogen-bond donors (Lipinski definition) is 2. The van der Waals surface area contributed by atoms with Gasteiger partial charge in [0.15, 0.2) is 0 Å². The van der Waals surface area contributed by atoms with Gasteiger partial charge in [-0.15, -0.1) is 0 Å². The highest BCUT2D eigenvalue weighted by Gasteiger charge is 2.21. The number of carbonyl (C=O) groups excluding carboxylic acids is 1. The fraction of sp³-hybridized carbons (Fsp3) is 0.692. The Morgan fingerprint density at radius 1 is 1.47 bits per heavy atom. The number of aromatic nitrogens is 2. The van der Waals surface area contributed by atoms with E-state index in [9.17, 15) is 4.79 Å². The van der Waals surface area contributed by atoms with Gasteiger partial charge in [0, 0.05) is 13.1 Å². The zero-order chi connectivity index (χ0) is 14.6. The maximum absolute atomic E-state index is 11.4. The van der Waals surface area contributed by atoms with Gasteiger partial charge in [0.05, 0.1) is 21.9 Å². The number of carbonyl (C=O) groups is 1. The summed E-state index contributed by atoms with van der Waals surface area (Å²) in [6.07, 6.45) is 0.879. The molecule has 108 valence electrons. The Labute approximate surface area is 123 Å². The van der Waals surface area contributed by atoms with Gasteiger partial charge >= 0.3 is 0 Å². The summed E-state index contributed by atoms with van der Waals surface area (Å²) in [5.74, 6) is -0.149. The average Bonchev–Trinajstić information content (AvgIpc) is 2.65. The number of halogens is 1. The number of aryl methyl sites for hydroxylation is 2. The van der Waals surface area contributed by atoms with Gasteiger partial charge < -0.3 is 5.73 Å². The second-order valence-corrected chi connectivity index (χ2v) is 5.67. The zero-order valence-electron chi connectivity index (χ0n) is 12.0. The van der Waals surface area contributed by atoms with Gasteiger partial charge in [-0.3, -0.25) is 14.8 Å². The molecule has 1 aromatic rings. The lowest BCUT2D eigenvalue weighted by molar-refractivity contribution is -0.121. The van der Waals surface area contributed by atoms with Crippen molar-refractivity contribution in [1.82, 2.24) is 15.1 Å². The number of nitrogens with one attached hydrogen (secondary N) is 1. The van der Waals surface area contributed by atoms with Crippen LogP contribution in [0.5, 0.6) is 0 Å². The van der Waals surface area contributed by atoms with Crippen LogP contribution in [0.1, 0.15) is 39.1 Å². The summed E-state index contributed by atoms with van der Waals surface area (Å²) < 4.78 is 2.98. The van der Waals surface area contributed by atoms with Crippen molar-refractivity contribution in [3.05, 3.63) is 15.9 Å². The normalized spacial score (nSPS) is 12.9. The van der Waals surface area contributed by atoms with Crippen molar-refractivity contribution < 1.29 is 4.79 Å². The fourth-order valence-corrected chi connectivity index (χ4v) is 2.76. The van der Waals surface area contributed by atoms with Crippen LogP contribution >= 0.6 is 15.9 Å². The minimum Gasteiger partial charge on any atom is -0.368 e. The van der Waals surface area contributed by atoms with Crippen molar-refractivity contribution in [1.29, 1.82) is 0 Å². The highest BCUT2D eigenvalue weighted by atomic mass is 79.9. The van der Waals surface area contributed by atoms with Crippen LogP contribution in [0.2, 0.25) is 0 Å². The molecule has 0 saturated heterocycles. The summed E-state index contributed by atoms with van der Waals surface area (Å²) in [7, 11) is 0. The number of primary amides is 1. The van der Waals surface area contributed by atoms with Gasteiger partial charge in [-0.05, 0) is 35.2 Å². The minimum absolute atomic E-state index is 0.167. The first-order valence-corrected chi connectivity index (χ1v) is 7.48. The van der Waals surface area contributed by atoms with Crippen LogP contribution in [0.15, 0.2) is 4.47 Å². The van der Waals surface area contributed by atoms with E-state index in [4.69, 9.17) is 5.73 Å². The standard InChI is InChI=1S/C13H23BrN4O/c1-5-9-11(14)10(18(6-2)17-9)7-16-12(8(3)4)13(15)19/h8,12,16H,5-7H2,1-4H3,(H2,15,19). The van der Waals surface area contributed by atoms with E-state index in [0.29, 0.717) is 6.54 Å². The summed E-state index contributed by atoms with van der Waals surface area (Å²) in [5, 5.41) is 7.75. The third kappa shape index (κ3) is 3.79. The molecule has 5 nitrogen and oxygen atoms in total. The number of amides is 1. The molecular weight excluding hydrogens is 308 g/mol. The van der Waals surface area contributed by atoms with Crippen LogP contribution in [-0.4, -0.2) is 21.7 Å². The van der Waals surface area contributed by atoms with E-state index in [1.807, 2.05) is 18.5 Å². The molecule has 3 N–H and O–H groups in total. The zero-order valence-corrected chi connectivity index (χ0v) is 13.6. The van der Waals surface area contributed by atoms with E-state index in [1.165, 1.54) is 0 Å². The Morgan fingerprint density at radius 3 is 2.53 bits per heavy atom. The van der Waals surface area contributed by atoms with Gasteiger partial charge in [-0.25, -0.2) is 0 Å². The molecule has 0 fully saturated rings. The molecule has 1 aromatic heterocycles. The summed E-state index contributed by atoms with van der Waals surface area (Å²) >= 11 is 3.59.